The van der Waals surface area contributed by atoms with Gasteiger partial charge in [-0.2, -0.15) is 4.31 Å². The molecule has 9 heteroatoms. The van der Waals surface area contributed by atoms with Gasteiger partial charge in [-0.05, 0) is 31.5 Å². The van der Waals surface area contributed by atoms with Crippen LogP contribution in [-0.4, -0.2) is 66.9 Å². The summed E-state index contributed by atoms with van der Waals surface area (Å²) in [6.45, 7) is 6.73. The monoisotopic (exact) mass is 415 g/mol. The first kappa shape index (κ1) is 19.8. The number of hydrogen-bond donors (Lipinski definition) is 0. The van der Waals surface area contributed by atoms with Crippen molar-refractivity contribution in [1.82, 2.24) is 14.3 Å². The number of sulfonamides is 1. The normalized spacial score (nSPS) is 17.4. The number of nitrogens with zero attached hydrogens (tertiary/aromatic N) is 5. The van der Waals surface area contributed by atoms with Gasteiger partial charge in [0.1, 0.15) is 17.9 Å². The predicted molar refractivity (Wildman–Crippen MR) is 112 cm³/mol. The third-order valence-electron chi connectivity index (χ3n) is 5.04. The lowest BCUT2D eigenvalue weighted by molar-refractivity contribution is 0.242. The van der Waals surface area contributed by atoms with Crippen LogP contribution in [-0.2, 0) is 16.6 Å². The van der Waals surface area contributed by atoms with Crippen molar-refractivity contribution in [2.45, 2.75) is 26.5 Å². The number of rotatable bonds is 5. The van der Waals surface area contributed by atoms with E-state index in [1.807, 2.05) is 32.0 Å². The molecule has 1 aromatic heterocycles. The molecule has 0 radical (unpaired) electrons. The van der Waals surface area contributed by atoms with Gasteiger partial charge >= 0.3 is 0 Å². The molecule has 0 bridgehead atoms. The van der Waals surface area contributed by atoms with Gasteiger partial charge < -0.3 is 9.64 Å². The minimum atomic E-state index is -3.16. The van der Waals surface area contributed by atoms with Crippen molar-refractivity contribution in [2.24, 2.45) is 4.99 Å². The van der Waals surface area contributed by atoms with Gasteiger partial charge in [0.25, 0.3) is 0 Å². The van der Waals surface area contributed by atoms with Gasteiger partial charge in [-0.1, -0.05) is 6.07 Å². The number of ether oxygens (including phenoxy) is 1. The van der Waals surface area contributed by atoms with Crippen LogP contribution in [0.4, 0.5) is 5.82 Å². The van der Waals surface area contributed by atoms with Crippen LogP contribution in [0.25, 0.3) is 0 Å². The molecule has 0 N–H and O–H groups in total. The number of anilines is 1. The highest BCUT2D eigenvalue weighted by Gasteiger charge is 2.25. The van der Waals surface area contributed by atoms with E-state index in [2.05, 4.69) is 25.9 Å². The van der Waals surface area contributed by atoms with E-state index < -0.39 is 10.0 Å². The van der Waals surface area contributed by atoms with Crippen LogP contribution in [0.1, 0.15) is 30.7 Å². The highest BCUT2D eigenvalue weighted by atomic mass is 32.2. The third-order valence-corrected chi connectivity index (χ3v) is 6.35. The molecule has 2 aliphatic heterocycles. The molecule has 2 aliphatic rings. The molecule has 2 aromatic rings. The Kier molecular flexibility index (Phi) is 5.26. The molecule has 0 aliphatic carbocycles. The SMILES string of the molecule is CC(C)Oc1ccc2c(c1)C(c1cc(N3CCN(S(C)(=O)=O)CC3)ncn1)=NC2. The Labute approximate surface area is 171 Å². The summed E-state index contributed by atoms with van der Waals surface area (Å²) >= 11 is 0. The van der Waals surface area contributed by atoms with Crippen molar-refractivity contribution in [3.63, 3.8) is 0 Å². The molecule has 0 amide bonds. The second kappa shape index (κ2) is 7.72. The Morgan fingerprint density at radius 3 is 2.52 bits per heavy atom. The summed E-state index contributed by atoms with van der Waals surface area (Å²) < 4.78 is 30.8. The lowest BCUT2D eigenvalue weighted by Gasteiger charge is -2.34. The second-order valence-electron chi connectivity index (χ2n) is 7.56. The summed E-state index contributed by atoms with van der Waals surface area (Å²) in [7, 11) is -3.16. The van der Waals surface area contributed by atoms with E-state index >= 15 is 0 Å². The Morgan fingerprint density at radius 1 is 1.07 bits per heavy atom. The van der Waals surface area contributed by atoms with E-state index in [-0.39, 0.29) is 6.10 Å². The van der Waals surface area contributed by atoms with Crippen molar-refractivity contribution in [1.29, 1.82) is 0 Å². The molecule has 8 nitrogen and oxygen atoms in total. The van der Waals surface area contributed by atoms with Gasteiger partial charge in [-0.15, -0.1) is 0 Å². The van der Waals surface area contributed by atoms with Crippen molar-refractivity contribution < 1.29 is 13.2 Å². The van der Waals surface area contributed by atoms with E-state index in [9.17, 15) is 8.42 Å². The number of hydrogen-bond acceptors (Lipinski definition) is 7. The molecular formula is C20H25N5O3S. The Bertz CT molecular complexity index is 1040. The van der Waals surface area contributed by atoms with Gasteiger partial charge in [-0.25, -0.2) is 18.4 Å². The van der Waals surface area contributed by atoms with Gasteiger partial charge in [-0.3, -0.25) is 4.99 Å². The zero-order valence-corrected chi connectivity index (χ0v) is 17.7. The molecular weight excluding hydrogens is 390 g/mol. The van der Waals surface area contributed by atoms with Gasteiger partial charge in [0.15, 0.2) is 0 Å². The fourth-order valence-electron chi connectivity index (χ4n) is 3.63. The zero-order chi connectivity index (χ0) is 20.6. The predicted octanol–water partition coefficient (Wildman–Crippen LogP) is 1.70. The minimum Gasteiger partial charge on any atom is -0.491 e. The van der Waals surface area contributed by atoms with Crippen molar-refractivity contribution in [2.75, 3.05) is 37.3 Å². The number of aromatic nitrogens is 2. The molecule has 1 saturated heterocycles. The maximum Gasteiger partial charge on any atom is 0.211 e. The summed E-state index contributed by atoms with van der Waals surface area (Å²) in [5.41, 5.74) is 3.79. The standard InChI is InChI=1S/C20H25N5O3S/c1-14(2)28-16-5-4-15-12-21-20(17(15)10-16)18-11-19(23-13-22-18)24-6-8-25(9-7-24)29(3,26)27/h4-5,10-11,13-14H,6-9,12H2,1-3H3. The first-order valence-electron chi connectivity index (χ1n) is 9.68. The van der Waals surface area contributed by atoms with Crippen LogP contribution in [0.3, 0.4) is 0 Å². The lowest BCUT2D eigenvalue weighted by atomic mass is 10.0. The summed E-state index contributed by atoms with van der Waals surface area (Å²) in [4.78, 5) is 15.6. The fraction of sp³-hybridized carbons (Fsp3) is 0.450. The third kappa shape index (κ3) is 4.25. The van der Waals surface area contributed by atoms with Gasteiger partial charge in [0.2, 0.25) is 10.0 Å². The van der Waals surface area contributed by atoms with Crippen LogP contribution in [0, 0.1) is 0 Å². The Hall–Kier alpha value is -2.52. The molecule has 4 rings (SSSR count). The molecule has 1 fully saturated rings. The largest absolute Gasteiger partial charge is 0.491 e. The maximum absolute atomic E-state index is 11.7. The van der Waals surface area contributed by atoms with Crippen LogP contribution in [0.5, 0.6) is 5.75 Å². The summed E-state index contributed by atoms with van der Waals surface area (Å²) in [6, 6.07) is 7.98. The van der Waals surface area contributed by atoms with Crippen LogP contribution in [0.15, 0.2) is 35.6 Å². The van der Waals surface area contributed by atoms with Crippen molar-refractivity contribution >= 4 is 21.6 Å². The number of benzene rings is 1. The molecule has 1 aromatic carbocycles. The quantitative estimate of drug-likeness (QED) is 0.739. The number of fused-ring (bicyclic) bond motifs is 1. The van der Waals surface area contributed by atoms with Crippen LogP contribution >= 0.6 is 0 Å². The average molecular weight is 416 g/mol. The first-order chi connectivity index (χ1) is 13.8. The van der Waals surface area contributed by atoms with E-state index in [0.29, 0.717) is 32.7 Å². The molecule has 29 heavy (non-hydrogen) atoms. The van der Waals surface area contributed by atoms with E-state index in [4.69, 9.17) is 4.74 Å². The molecule has 0 unspecified atom stereocenters. The molecule has 154 valence electrons. The highest BCUT2D eigenvalue weighted by Crippen LogP contribution is 2.28. The number of aliphatic imine (C=N–C) groups is 1. The maximum atomic E-state index is 11.7. The van der Waals surface area contributed by atoms with Crippen molar-refractivity contribution in [3.8, 4) is 5.75 Å². The smallest absolute Gasteiger partial charge is 0.211 e. The van der Waals surface area contributed by atoms with Crippen LogP contribution < -0.4 is 9.64 Å². The lowest BCUT2D eigenvalue weighted by Crippen LogP contribution is -2.48. The summed E-state index contributed by atoms with van der Waals surface area (Å²) in [6.07, 6.45) is 2.90. The van der Waals surface area contributed by atoms with Crippen LogP contribution in [0.2, 0.25) is 0 Å². The topological polar surface area (TPSA) is 88.0 Å². The number of piperazine rings is 1. The van der Waals surface area contributed by atoms with E-state index in [0.717, 1.165) is 34.1 Å². The Balaban J connectivity index is 1.55. The summed E-state index contributed by atoms with van der Waals surface area (Å²) in [5, 5.41) is 0. The highest BCUT2D eigenvalue weighted by molar-refractivity contribution is 7.88. The summed E-state index contributed by atoms with van der Waals surface area (Å²) in [5.74, 6) is 1.61. The average Bonchev–Trinajstić information content (AvgIpc) is 3.10. The zero-order valence-electron chi connectivity index (χ0n) is 16.9. The van der Waals surface area contributed by atoms with Gasteiger partial charge in [0, 0.05) is 37.8 Å². The first-order valence-corrected chi connectivity index (χ1v) is 11.5. The van der Waals surface area contributed by atoms with E-state index in [1.165, 1.54) is 10.6 Å². The van der Waals surface area contributed by atoms with E-state index in [1.54, 1.807) is 6.33 Å². The molecule has 0 spiro atoms. The molecule has 0 atom stereocenters. The second-order valence-corrected chi connectivity index (χ2v) is 9.54. The fourth-order valence-corrected chi connectivity index (χ4v) is 4.45. The molecule has 0 saturated carbocycles. The van der Waals surface area contributed by atoms with Gasteiger partial charge in [0.05, 0.1) is 30.3 Å². The van der Waals surface area contributed by atoms with Crippen molar-refractivity contribution in [3.05, 3.63) is 47.4 Å². The minimum absolute atomic E-state index is 0.103. The molecule has 3 heterocycles. The Morgan fingerprint density at radius 2 is 1.83 bits per heavy atom.